The molecule has 5 heterocycles. The number of anilines is 1. The van der Waals surface area contributed by atoms with E-state index in [1.165, 1.54) is 12.1 Å². The second kappa shape index (κ2) is 9.29. The van der Waals surface area contributed by atoms with Gasteiger partial charge in [0.05, 0.1) is 17.6 Å². The Morgan fingerprint density at radius 2 is 1.79 bits per heavy atom. The average Bonchev–Trinajstić information content (AvgIpc) is 3.68. The highest BCUT2D eigenvalue weighted by atomic mass is 19.1. The molecule has 7 rings (SSSR count). The predicted molar refractivity (Wildman–Crippen MR) is 146 cm³/mol. The van der Waals surface area contributed by atoms with Crippen molar-refractivity contribution >= 4 is 17.4 Å². The molecule has 0 unspecified atom stereocenters. The van der Waals surface area contributed by atoms with Crippen LogP contribution >= 0.6 is 0 Å². The number of imidazole rings is 2. The number of hydrogen-bond acceptors (Lipinski definition) is 5. The molecule has 8 nitrogen and oxygen atoms in total. The summed E-state index contributed by atoms with van der Waals surface area (Å²) in [5.74, 6) is 0.840. The van der Waals surface area contributed by atoms with Crippen molar-refractivity contribution in [2.75, 3.05) is 5.32 Å². The van der Waals surface area contributed by atoms with Gasteiger partial charge in [0.1, 0.15) is 17.3 Å². The van der Waals surface area contributed by atoms with Gasteiger partial charge in [-0.25, -0.2) is 18.9 Å². The number of aryl methyl sites for hydroxylation is 1. The zero-order valence-electron chi connectivity index (χ0n) is 20.8. The molecule has 1 N–H and O–H groups in total. The molecule has 0 radical (unpaired) electrons. The fourth-order valence-electron chi connectivity index (χ4n) is 5.03. The molecule has 0 bridgehead atoms. The number of nitrogens with one attached hydrogen (secondary N) is 1. The number of fused-ring (bicyclic) bond motifs is 2. The number of nitrogens with zero attached hydrogens (tertiary/aromatic N) is 6. The van der Waals surface area contributed by atoms with Gasteiger partial charge in [0.25, 0.3) is 5.91 Å². The van der Waals surface area contributed by atoms with Crippen molar-refractivity contribution in [3.8, 4) is 33.8 Å². The molecule has 6 aromatic rings. The Bertz CT molecular complexity index is 1840. The molecular formula is C30H22FN7O. The van der Waals surface area contributed by atoms with Crippen molar-refractivity contribution in [3.05, 3.63) is 109 Å². The van der Waals surface area contributed by atoms with E-state index in [1.54, 1.807) is 41.3 Å². The van der Waals surface area contributed by atoms with Gasteiger partial charge < -0.3 is 9.88 Å². The Morgan fingerprint density at radius 1 is 0.923 bits per heavy atom. The largest absolute Gasteiger partial charge is 0.326 e. The minimum absolute atomic E-state index is 0.267. The van der Waals surface area contributed by atoms with Gasteiger partial charge in [0.2, 0.25) is 0 Å². The van der Waals surface area contributed by atoms with Crippen LogP contribution in [0.5, 0.6) is 0 Å². The first kappa shape index (κ1) is 23.0. The maximum atomic E-state index is 13.6. The van der Waals surface area contributed by atoms with E-state index in [4.69, 9.17) is 10.1 Å². The molecule has 39 heavy (non-hydrogen) atoms. The number of carbonyl (C=O) groups is 1. The normalized spacial score (nSPS) is 12.5. The maximum Gasteiger partial charge on any atom is 0.256 e. The van der Waals surface area contributed by atoms with Crippen LogP contribution in [0.25, 0.3) is 39.4 Å². The van der Waals surface area contributed by atoms with Crippen LogP contribution in [0.3, 0.4) is 0 Å². The van der Waals surface area contributed by atoms with Crippen LogP contribution in [0.2, 0.25) is 0 Å². The summed E-state index contributed by atoms with van der Waals surface area (Å²) in [5, 5.41) is 7.70. The topological polar surface area (TPSA) is 90.0 Å². The fourth-order valence-corrected chi connectivity index (χ4v) is 5.03. The molecule has 0 saturated carbocycles. The first-order valence-corrected chi connectivity index (χ1v) is 12.7. The summed E-state index contributed by atoms with van der Waals surface area (Å²) < 4.78 is 17.4. The number of pyridine rings is 1. The van der Waals surface area contributed by atoms with Crippen LogP contribution in [-0.4, -0.2) is 35.0 Å². The third-order valence-corrected chi connectivity index (χ3v) is 6.87. The lowest BCUT2D eigenvalue weighted by atomic mass is 10.0. The summed E-state index contributed by atoms with van der Waals surface area (Å²) in [4.78, 5) is 26.6. The van der Waals surface area contributed by atoms with Crippen molar-refractivity contribution in [3.63, 3.8) is 0 Å². The molecule has 1 aliphatic rings. The van der Waals surface area contributed by atoms with Gasteiger partial charge in [-0.05, 0) is 66.6 Å². The fraction of sp³-hybridized carbons (Fsp3) is 0.100. The Hall–Kier alpha value is -5.18. The van der Waals surface area contributed by atoms with Crippen LogP contribution in [0.15, 0.2) is 91.4 Å². The van der Waals surface area contributed by atoms with Crippen LogP contribution in [0.1, 0.15) is 22.6 Å². The molecule has 0 atom stereocenters. The third-order valence-electron chi connectivity index (χ3n) is 6.87. The quantitative estimate of drug-likeness (QED) is 0.320. The second-order valence-electron chi connectivity index (χ2n) is 9.41. The molecule has 2 aromatic carbocycles. The molecule has 0 saturated heterocycles. The van der Waals surface area contributed by atoms with Crippen molar-refractivity contribution in [2.24, 2.45) is 0 Å². The SMILES string of the molecule is O=C(Nc1cn2nc(-c3c(-c4ccc(F)cc4)nc4n3CCC4)ccc2n1)c1cccc(-c2cccnc2)c1. The number of hydrogen-bond donors (Lipinski definition) is 1. The van der Waals surface area contributed by atoms with E-state index in [9.17, 15) is 9.18 Å². The highest BCUT2D eigenvalue weighted by molar-refractivity contribution is 6.04. The standard InChI is InChI=1S/C30H22FN7O/c31-23-10-8-19(9-11-23)28-29(37-15-3-7-26(37)35-28)24-12-13-27-33-25(18-38(27)36-24)34-30(39)21-5-1-4-20(16-21)22-6-2-14-32-17-22/h1-2,4-6,8-14,16-18H,3,7,15H2,(H,34,39). The van der Waals surface area contributed by atoms with Crippen LogP contribution in [0.4, 0.5) is 10.2 Å². The van der Waals surface area contributed by atoms with Crippen molar-refractivity contribution in [1.29, 1.82) is 0 Å². The molecule has 0 aliphatic carbocycles. The smallest absolute Gasteiger partial charge is 0.256 e. The first-order chi connectivity index (χ1) is 19.1. The summed E-state index contributed by atoms with van der Waals surface area (Å²) in [7, 11) is 0. The van der Waals surface area contributed by atoms with Gasteiger partial charge >= 0.3 is 0 Å². The number of benzene rings is 2. The number of aromatic nitrogens is 6. The Balaban J connectivity index is 1.20. The summed E-state index contributed by atoms with van der Waals surface area (Å²) in [6.07, 6.45) is 7.08. The monoisotopic (exact) mass is 515 g/mol. The zero-order valence-corrected chi connectivity index (χ0v) is 20.8. The lowest BCUT2D eigenvalue weighted by Gasteiger charge is -2.08. The number of rotatable bonds is 5. The molecule has 1 amide bonds. The zero-order chi connectivity index (χ0) is 26.3. The summed E-state index contributed by atoms with van der Waals surface area (Å²) >= 11 is 0. The van der Waals surface area contributed by atoms with Gasteiger partial charge in [-0.15, -0.1) is 0 Å². The lowest BCUT2D eigenvalue weighted by Crippen LogP contribution is -2.12. The van der Waals surface area contributed by atoms with Gasteiger partial charge in [0.15, 0.2) is 11.5 Å². The van der Waals surface area contributed by atoms with E-state index >= 15 is 0 Å². The maximum absolute atomic E-state index is 13.6. The first-order valence-electron chi connectivity index (χ1n) is 12.7. The third kappa shape index (κ3) is 4.23. The second-order valence-corrected chi connectivity index (χ2v) is 9.41. The van der Waals surface area contributed by atoms with E-state index < -0.39 is 0 Å². The summed E-state index contributed by atoms with van der Waals surface area (Å²) in [6.45, 7) is 0.849. The van der Waals surface area contributed by atoms with Crippen LogP contribution in [0, 0.1) is 5.82 Å². The molecule has 4 aromatic heterocycles. The van der Waals surface area contributed by atoms with E-state index in [2.05, 4.69) is 19.9 Å². The minimum Gasteiger partial charge on any atom is -0.326 e. The number of amides is 1. The van der Waals surface area contributed by atoms with Crippen molar-refractivity contribution < 1.29 is 9.18 Å². The molecule has 0 fully saturated rings. The Morgan fingerprint density at radius 3 is 2.64 bits per heavy atom. The van der Waals surface area contributed by atoms with Gasteiger partial charge in [-0.2, -0.15) is 5.10 Å². The summed E-state index contributed by atoms with van der Waals surface area (Å²) in [6, 6.07) is 21.3. The highest BCUT2D eigenvalue weighted by Gasteiger charge is 2.24. The highest BCUT2D eigenvalue weighted by Crippen LogP contribution is 2.35. The van der Waals surface area contributed by atoms with Gasteiger partial charge in [-0.3, -0.25) is 9.78 Å². The molecule has 1 aliphatic heterocycles. The van der Waals surface area contributed by atoms with Gasteiger partial charge in [-0.1, -0.05) is 18.2 Å². The van der Waals surface area contributed by atoms with Gasteiger partial charge in [0, 0.05) is 42.0 Å². The summed E-state index contributed by atoms with van der Waals surface area (Å²) in [5.41, 5.74) is 6.18. The predicted octanol–water partition coefficient (Wildman–Crippen LogP) is 5.66. The van der Waals surface area contributed by atoms with E-state index in [0.717, 1.165) is 59.0 Å². The molecule has 0 spiro atoms. The lowest BCUT2D eigenvalue weighted by molar-refractivity contribution is 0.102. The van der Waals surface area contributed by atoms with Crippen LogP contribution < -0.4 is 5.32 Å². The minimum atomic E-state index is -0.289. The molecule has 9 heteroatoms. The Kier molecular flexibility index (Phi) is 5.47. The number of carbonyl (C=O) groups excluding carboxylic acids is 1. The Labute approximate surface area is 222 Å². The van der Waals surface area contributed by atoms with E-state index in [-0.39, 0.29) is 11.7 Å². The van der Waals surface area contributed by atoms with Crippen molar-refractivity contribution in [1.82, 2.24) is 29.1 Å². The van der Waals surface area contributed by atoms with E-state index in [1.807, 2.05) is 42.5 Å². The van der Waals surface area contributed by atoms with Crippen LogP contribution in [-0.2, 0) is 13.0 Å². The number of halogens is 1. The molecular weight excluding hydrogens is 493 g/mol. The van der Waals surface area contributed by atoms with Crippen molar-refractivity contribution in [2.45, 2.75) is 19.4 Å². The van der Waals surface area contributed by atoms with E-state index in [0.29, 0.717) is 17.0 Å². The molecule has 190 valence electrons. The average molecular weight is 516 g/mol.